The van der Waals surface area contributed by atoms with Crippen molar-refractivity contribution < 1.29 is 4.39 Å². The number of H-pyrrole nitrogens is 1. The lowest BCUT2D eigenvalue weighted by molar-refractivity contribution is 0.611. The number of aromatic nitrogens is 2. The van der Waals surface area contributed by atoms with E-state index in [9.17, 15) is 4.39 Å². The van der Waals surface area contributed by atoms with E-state index in [-0.39, 0.29) is 18.2 Å². The van der Waals surface area contributed by atoms with Gasteiger partial charge in [-0.1, -0.05) is 30.3 Å². The number of aromatic amines is 1. The standard InChI is InChI=1S/C16H15FN6/c17-13-8-10(6-7-11(13)9-18)14-15(16(19)23-21-14)22-20-12-4-2-1-3-5-12/h1-8H,9,18H2,(H3,19,21,23). The summed E-state index contributed by atoms with van der Waals surface area (Å²) in [6, 6.07) is 14.0. The summed E-state index contributed by atoms with van der Waals surface area (Å²) < 4.78 is 13.9. The lowest BCUT2D eigenvalue weighted by atomic mass is 10.1. The third kappa shape index (κ3) is 3.09. The Morgan fingerprint density at radius 2 is 1.87 bits per heavy atom. The first-order chi connectivity index (χ1) is 11.2. The van der Waals surface area contributed by atoms with Crippen LogP contribution in [0.5, 0.6) is 0 Å². The summed E-state index contributed by atoms with van der Waals surface area (Å²) in [5, 5.41) is 15.0. The van der Waals surface area contributed by atoms with E-state index < -0.39 is 0 Å². The van der Waals surface area contributed by atoms with Gasteiger partial charge in [0, 0.05) is 17.7 Å². The summed E-state index contributed by atoms with van der Waals surface area (Å²) in [6.07, 6.45) is 0. The van der Waals surface area contributed by atoms with Crippen LogP contribution in [0.2, 0.25) is 0 Å². The van der Waals surface area contributed by atoms with Gasteiger partial charge >= 0.3 is 0 Å². The van der Waals surface area contributed by atoms with Crippen molar-refractivity contribution in [3.8, 4) is 11.3 Å². The van der Waals surface area contributed by atoms with Gasteiger partial charge in [0.2, 0.25) is 0 Å². The van der Waals surface area contributed by atoms with Gasteiger partial charge in [0.05, 0.1) is 11.4 Å². The molecule has 0 unspecified atom stereocenters. The van der Waals surface area contributed by atoms with Crippen LogP contribution in [0.25, 0.3) is 11.3 Å². The molecule has 3 aromatic rings. The molecule has 116 valence electrons. The smallest absolute Gasteiger partial charge is 0.173 e. The number of anilines is 1. The van der Waals surface area contributed by atoms with Gasteiger partial charge in [0.15, 0.2) is 11.5 Å². The van der Waals surface area contributed by atoms with E-state index in [1.807, 2.05) is 30.3 Å². The van der Waals surface area contributed by atoms with Crippen molar-refractivity contribution in [2.45, 2.75) is 6.54 Å². The lowest BCUT2D eigenvalue weighted by Crippen LogP contribution is -1.99. The van der Waals surface area contributed by atoms with Gasteiger partial charge < -0.3 is 11.5 Å². The van der Waals surface area contributed by atoms with E-state index in [0.29, 0.717) is 28.2 Å². The number of hydrogen-bond acceptors (Lipinski definition) is 5. The Bertz CT molecular complexity index is 841. The average Bonchev–Trinajstić information content (AvgIpc) is 2.94. The fourth-order valence-electron chi connectivity index (χ4n) is 2.12. The number of nitrogens with two attached hydrogens (primary N) is 2. The summed E-state index contributed by atoms with van der Waals surface area (Å²) in [6.45, 7) is 0.137. The van der Waals surface area contributed by atoms with Gasteiger partial charge in [-0.05, 0) is 18.2 Å². The molecule has 0 aliphatic heterocycles. The van der Waals surface area contributed by atoms with E-state index in [2.05, 4.69) is 20.4 Å². The largest absolute Gasteiger partial charge is 0.380 e. The third-order valence-corrected chi connectivity index (χ3v) is 3.35. The second-order valence-electron chi connectivity index (χ2n) is 4.88. The Balaban J connectivity index is 1.99. The summed E-state index contributed by atoms with van der Waals surface area (Å²) in [7, 11) is 0. The quantitative estimate of drug-likeness (QED) is 0.640. The van der Waals surface area contributed by atoms with Crippen LogP contribution in [-0.4, -0.2) is 10.2 Å². The second kappa shape index (κ2) is 6.37. The Kier molecular flexibility index (Phi) is 4.11. The van der Waals surface area contributed by atoms with Gasteiger partial charge in [-0.25, -0.2) is 4.39 Å². The molecule has 0 saturated carbocycles. The highest BCUT2D eigenvalue weighted by molar-refractivity contribution is 5.79. The molecule has 2 aromatic carbocycles. The minimum absolute atomic E-state index is 0.137. The monoisotopic (exact) mass is 310 g/mol. The number of hydrogen-bond donors (Lipinski definition) is 3. The first-order valence-corrected chi connectivity index (χ1v) is 6.98. The number of rotatable bonds is 4. The lowest BCUT2D eigenvalue weighted by Gasteiger charge is -2.03. The summed E-state index contributed by atoms with van der Waals surface area (Å²) in [5.41, 5.74) is 13.9. The molecular formula is C16H15FN6. The summed E-state index contributed by atoms with van der Waals surface area (Å²) >= 11 is 0. The fraction of sp³-hybridized carbons (Fsp3) is 0.0625. The SMILES string of the molecule is NCc1ccc(-c2[nH]nc(N)c2N=Nc2ccccc2)cc1F. The number of benzene rings is 2. The van der Waals surface area contributed by atoms with Crippen LogP contribution in [0.15, 0.2) is 58.8 Å². The van der Waals surface area contributed by atoms with Crippen LogP contribution in [0.4, 0.5) is 21.6 Å². The number of halogens is 1. The predicted molar refractivity (Wildman–Crippen MR) is 86.9 cm³/mol. The highest BCUT2D eigenvalue weighted by Crippen LogP contribution is 2.34. The van der Waals surface area contributed by atoms with Crippen LogP contribution in [0.3, 0.4) is 0 Å². The Morgan fingerprint density at radius 3 is 2.57 bits per heavy atom. The first-order valence-electron chi connectivity index (χ1n) is 6.98. The van der Waals surface area contributed by atoms with Crippen molar-refractivity contribution in [2.75, 3.05) is 5.73 Å². The zero-order valence-electron chi connectivity index (χ0n) is 12.2. The maximum Gasteiger partial charge on any atom is 0.173 e. The zero-order valence-corrected chi connectivity index (χ0v) is 12.2. The molecule has 5 N–H and O–H groups in total. The zero-order chi connectivity index (χ0) is 16.2. The molecule has 0 aliphatic carbocycles. The molecule has 0 spiro atoms. The number of nitrogen functional groups attached to an aromatic ring is 1. The van der Waals surface area contributed by atoms with Gasteiger partial charge in [0.1, 0.15) is 5.82 Å². The molecule has 3 rings (SSSR count). The number of nitrogens with one attached hydrogen (secondary N) is 1. The topological polar surface area (TPSA) is 105 Å². The maximum absolute atomic E-state index is 13.9. The van der Waals surface area contributed by atoms with Crippen LogP contribution in [0.1, 0.15) is 5.56 Å². The average molecular weight is 310 g/mol. The van der Waals surface area contributed by atoms with Crippen LogP contribution < -0.4 is 11.5 Å². The molecule has 0 atom stereocenters. The second-order valence-corrected chi connectivity index (χ2v) is 4.88. The minimum Gasteiger partial charge on any atom is -0.380 e. The van der Waals surface area contributed by atoms with E-state index in [0.717, 1.165) is 0 Å². The van der Waals surface area contributed by atoms with E-state index in [1.54, 1.807) is 12.1 Å². The highest BCUT2D eigenvalue weighted by Gasteiger charge is 2.14. The molecule has 0 bridgehead atoms. The minimum atomic E-state index is -0.385. The summed E-state index contributed by atoms with van der Waals surface area (Å²) in [5.74, 6) is -0.188. The first kappa shape index (κ1) is 14.9. The Labute approximate surface area is 132 Å². The van der Waals surface area contributed by atoms with Crippen molar-refractivity contribution in [1.29, 1.82) is 0 Å². The normalized spacial score (nSPS) is 11.2. The van der Waals surface area contributed by atoms with Crippen LogP contribution in [-0.2, 0) is 6.54 Å². The maximum atomic E-state index is 13.9. The molecule has 0 amide bonds. The van der Waals surface area contributed by atoms with Crippen LogP contribution >= 0.6 is 0 Å². The van der Waals surface area contributed by atoms with Gasteiger partial charge in [0.25, 0.3) is 0 Å². The van der Waals surface area contributed by atoms with E-state index in [1.165, 1.54) is 6.07 Å². The van der Waals surface area contributed by atoms with Gasteiger partial charge in [-0.2, -0.15) is 10.2 Å². The van der Waals surface area contributed by atoms with E-state index in [4.69, 9.17) is 11.5 Å². The molecule has 1 heterocycles. The highest BCUT2D eigenvalue weighted by atomic mass is 19.1. The molecule has 0 fully saturated rings. The fourth-order valence-corrected chi connectivity index (χ4v) is 2.12. The Morgan fingerprint density at radius 1 is 1.09 bits per heavy atom. The molecular weight excluding hydrogens is 295 g/mol. The predicted octanol–water partition coefficient (Wildman–Crippen LogP) is 3.67. The van der Waals surface area contributed by atoms with Gasteiger partial charge in [-0.15, -0.1) is 5.11 Å². The third-order valence-electron chi connectivity index (χ3n) is 3.35. The van der Waals surface area contributed by atoms with Crippen molar-refractivity contribution in [3.63, 3.8) is 0 Å². The molecule has 0 saturated heterocycles. The van der Waals surface area contributed by atoms with Crippen molar-refractivity contribution in [2.24, 2.45) is 16.0 Å². The number of azo groups is 1. The Hall–Kier alpha value is -3.06. The molecule has 7 heteroatoms. The van der Waals surface area contributed by atoms with Crippen LogP contribution in [0, 0.1) is 5.82 Å². The molecule has 1 aromatic heterocycles. The van der Waals surface area contributed by atoms with E-state index >= 15 is 0 Å². The summed E-state index contributed by atoms with van der Waals surface area (Å²) in [4.78, 5) is 0. The molecule has 0 aliphatic rings. The van der Waals surface area contributed by atoms with Crippen molar-refractivity contribution >= 4 is 17.2 Å². The number of nitrogens with zero attached hydrogens (tertiary/aromatic N) is 3. The van der Waals surface area contributed by atoms with Gasteiger partial charge in [-0.3, -0.25) is 5.10 Å². The molecule has 6 nitrogen and oxygen atoms in total. The van der Waals surface area contributed by atoms with Crippen molar-refractivity contribution in [1.82, 2.24) is 10.2 Å². The molecule has 0 radical (unpaired) electrons. The molecule has 23 heavy (non-hydrogen) atoms. The van der Waals surface area contributed by atoms with Crippen molar-refractivity contribution in [3.05, 3.63) is 59.9 Å².